The minimum atomic E-state index is -0.315. The van der Waals surface area contributed by atoms with Crippen molar-refractivity contribution in [1.82, 2.24) is 9.80 Å². The number of methoxy groups -OCH3 is 1. The van der Waals surface area contributed by atoms with Crippen LogP contribution in [0.1, 0.15) is 31.7 Å². The molecule has 1 amide bonds. The minimum absolute atomic E-state index is 0.0326. The Balaban J connectivity index is 1.33. The van der Waals surface area contributed by atoms with Crippen molar-refractivity contribution in [1.29, 1.82) is 0 Å². The highest BCUT2D eigenvalue weighted by atomic mass is 19.1. The second kappa shape index (κ2) is 11.1. The number of halogens is 1. The van der Waals surface area contributed by atoms with Crippen LogP contribution in [0, 0.1) is 11.7 Å². The van der Waals surface area contributed by atoms with Crippen molar-refractivity contribution in [3.63, 3.8) is 0 Å². The van der Waals surface area contributed by atoms with E-state index >= 15 is 0 Å². The van der Waals surface area contributed by atoms with Crippen molar-refractivity contribution in [3.05, 3.63) is 53.8 Å². The molecule has 0 aliphatic carbocycles. The quantitative estimate of drug-likeness (QED) is 0.644. The van der Waals surface area contributed by atoms with Gasteiger partial charge in [0.15, 0.2) is 5.78 Å². The predicted octanol–water partition coefficient (Wildman–Crippen LogP) is 3.58. The summed E-state index contributed by atoms with van der Waals surface area (Å²) in [6.07, 6.45) is 3.31. The standard InChI is InChI=1S/C29H37FN4O3/c1-20(35)32-13-11-22(12-14-32)29(36)28(25-9-7-21-5-3-4-6-24(21)31-25)34-17-15-33(16-18-34)26-10-8-23(30)19-27(26)37-2/h3-6,8,10,19,22,25,28,31H,7,9,11-18H2,1-2H3. The molecule has 5 rings (SSSR count). The molecule has 0 bridgehead atoms. The molecule has 0 saturated carbocycles. The number of aryl methyl sites for hydroxylation is 1. The molecule has 0 spiro atoms. The van der Waals surface area contributed by atoms with Crippen LogP contribution in [0.5, 0.6) is 5.75 Å². The van der Waals surface area contributed by atoms with Gasteiger partial charge in [-0.2, -0.15) is 0 Å². The van der Waals surface area contributed by atoms with Crippen molar-refractivity contribution in [2.24, 2.45) is 5.92 Å². The minimum Gasteiger partial charge on any atom is -0.494 e. The first-order valence-electron chi connectivity index (χ1n) is 13.4. The van der Waals surface area contributed by atoms with Gasteiger partial charge in [0, 0.05) is 69.9 Å². The van der Waals surface area contributed by atoms with Gasteiger partial charge in [-0.15, -0.1) is 0 Å². The number of carbonyl (C=O) groups excluding carboxylic acids is 2. The Labute approximate surface area is 218 Å². The molecular weight excluding hydrogens is 471 g/mol. The van der Waals surface area contributed by atoms with Crippen molar-refractivity contribution in [2.75, 3.05) is 56.6 Å². The summed E-state index contributed by atoms with van der Waals surface area (Å²) < 4.78 is 19.2. The van der Waals surface area contributed by atoms with Gasteiger partial charge in [-0.05, 0) is 49.4 Å². The Morgan fingerprint density at radius 1 is 1.00 bits per heavy atom. The van der Waals surface area contributed by atoms with Crippen LogP contribution >= 0.6 is 0 Å². The lowest BCUT2D eigenvalue weighted by Crippen LogP contribution is -2.60. The maximum Gasteiger partial charge on any atom is 0.219 e. The molecule has 2 atom stereocenters. The number of piperidine rings is 1. The first-order valence-corrected chi connectivity index (χ1v) is 13.4. The summed E-state index contributed by atoms with van der Waals surface area (Å²) in [5, 5.41) is 3.71. The summed E-state index contributed by atoms with van der Waals surface area (Å²) in [7, 11) is 1.56. The van der Waals surface area contributed by atoms with E-state index in [4.69, 9.17) is 4.74 Å². The second-order valence-corrected chi connectivity index (χ2v) is 10.4. The van der Waals surface area contributed by atoms with E-state index in [0.717, 1.165) is 63.2 Å². The SMILES string of the molecule is COc1cc(F)ccc1N1CCN(C(C(=O)C2CCN(C(C)=O)CC2)C2CCc3ccccc3N2)CC1. The maximum absolute atomic E-state index is 14.1. The van der Waals surface area contributed by atoms with Crippen molar-refractivity contribution >= 4 is 23.1 Å². The number of piperazine rings is 1. The number of para-hydroxylation sites is 1. The van der Waals surface area contributed by atoms with E-state index in [-0.39, 0.29) is 29.7 Å². The number of benzene rings is 2. The highest BCUT2D eigenvalue weighted by Crippen LogP contribution is 2.33. The number of nitrogens with one attached hydrogen (secondary N) is 1. The van der Waals surface area contributed by atoms with Gasteiger partial charge in [0.25, 0.3) is 0 Å². The molecule has 198 valence electrons. The van der Waals surface area contributed by atoms with Crippen LogP contribution in [-0.2, 0) is 16.0 Å². The summed E-state index contributed by atoms with van der Waals surface area (Å²) in [6.45, 7) is 5.85. The number of hydrogen-bond acceptors (Lipinski definition) is 6. The monoisotopic (exact) mass is 508 g/mol. The van der Waals surface area contributed by atoms with E-state index in [2.05, 4.69) is 33.3 Å². The number of likely N-dealkylation sites (tertiary alicyclic amines) is 1. The number of amides is 1. The third kappa shape index (κ3) is 5.44. The van der Waals surface area contributed by atoms with Gasteiger partial charge in [-0.3, -0.25) is 14.5 Å². The van der Waals surface area contributed by atoms with Gasteiger partial charge in [-0.1, -0.05) is 18.2 Å². The van der Waals surface area contributed by atoms with Crippen molar-refractivity contribution in [3.8, 4) is 5.75 Å². The van der Waals surface area contributed by atoms with Gasteiger partial charge in [0.05, 0.1) is 18.8 Å². The van der Waals surface area contributed by atoms with Gasteiger partial charge in [0.1, 0.15) is 11.6 Å². The number of anilines is 2. The predicted molar refractivity (Wildman–Crippen MR) is 143 cm³/mol. The van der Waals surface area contributed by atoms with Crippen LogP contribution in [-0.4, -0.2) is 80.0 Å². The molecule has 2 fully saturated rings. The summed E-state index contributed by atoms with van der Waals surface area (Å²) in [4.78, 5) is 32.3. The maximum atomic E-state index is 14.1. The van der Waals surface area contributed by atoms with Gasteiger partial charge in [-0.25, -0.2) is 4.39 Å². The number of carbonyl (C=O) groups is 2. The van der Waals surface area contributed by atoms with Crippen molar-refractivity contribution in [2.45, 2.75) is 44.7 Å². The number of fused-ring (bicyclic) bond motifs is 1. The smallest absolute Gasteiger partial charge is 0.219 e. The molecule has 0 aromatic heterocycles. The third-order valence-electron chi connectivity index (χ3n) is 8.29. The normalized spacial score (nSPS) is 21.6. The Kier molecular flexibility index (Phi) is 7.65. The van der Waals surface area contributed by atoms with E-state index in [1.54, 1.807) is 20.1 Å². The molecule has 37 heavy (non-hydrogen) atoms. The van der Waals surface area contributed by atoms with E-state index in [9.17, 15) is 14.0 Å². The first-order chi connectivity index (χ1) is 17.9. The van der Waals surface area contributed by atoms with E-state index in [0.29, 0.717) is 24.6 Å². The van der Waals surface area contributed by atoms with Crippen LogP contribution in [0.15, 0.2) is 42.5 Å². The van der Waals surface area contributed by atoms with Gasteiger partial charge >= 0.3 is 0 Å². The fourth-order valence-corrected chi connectivity index (χ4v) is 6.21. The Morgan fingerprint density at radius 3 is 2.43 bits per heavy atom. The molecule has 2 saturated heterocycles. The zero-order valence-electron chi connectivity index (χ0n) is 21.8. The number of hydrogen-bond donors (Lipinski definition) is 1. The first kappa shape index (κ1) is 25.5. The van der Waals surface area contributed by atoms with Crippen LogP contribution in [0.4, 0.5) is 15.8 Å². The lowest BCUT2D eigenvalue weighted by atomic mass is 9.82. The highest BCUT2D eigenvalue weighted by molar-refractivity contribution is 5.88. The summed E-state index contributed by atoms with van der Waals surface area (Å²) in [5.41, 5.74) is 3.30. The fraction of sp³-hybridized carbons (Fsp3) is 0.517. The van der Waals surface area contributed by atoms with Crippen LogP contribution < -0.4 is 15.0 Å². The van der Waals surface area contributed by atoms with Crippen molar-refractivity contribution < 1.29 is 18.7 Å². The molecule has 8 heteroatoms. The molecule has 3 aliphatic rings. The molecule has 3 aliphatic heterocycles. The zero-order chi connectivity index (χ0) is 25.9. The summed E-state index contributed by atoms with van der Waals surface area (Å²) in [5.74, 6) is 0.566. The molecule has 2 unspecified atom stereocenters. The molecule has 7 nitrogen and oxygen atoms in total. The van der Waals surface area contributed by atoms with Crippen LogP contribution in [0.3, 0.4) is 0 Å². The van der Waals surface area contributed by atoms with E-state index in [1.807, 2.05) is 11.0 Å². The molecule has 2 aromatic rings. The number of ketones is 1. The van der Waals surface area contributed by atoms with Gasteiger partial charge < -0.3 is 19.9 Å². The number of rotatable bonds is 6. The number of ether oxygens (including phenoxy) is 1. The molecule has 2 aromatic carbocycles. The second-order valence-electron chi connectivity index (χ2n) is 10.4. The van der Waals surface area contributed by atoms with Crippen LogP contribution in [0.25, 0.3) is 0 Å². The third-order valence-corrected chi connectivity index (χ3v) is 8.29. The Hall–Kier alpha value is -3.13. The Morgan fingerprint density at radius 2 is 1.73 bits per heavy atom. The van der Waals surface area contributed by atoms with Gasteiger partial charge in [0.2, 0.25) is 5.91 Å². The average Bonchev–Trinajstić information content (AvgIpc) is 2.93. The molecule has 3 heterocycles. The lowest BCUT2D eigenvalue weighted by molar-refractivity contribution is -0.135. The summed E-state index contributed by atoms with van der Waals surface area (Å²) >= 11 is 0. The topological polar surface area (TPSA) is 65.1 Å². The fourth-order valence-electron chi connectivity index (χ4n) is 6.21. The van der Waals surface area contributed by atoms with Crippen LogP contribution in [0.2, 0.25) is 0 Å². The molecule has 0 radical (unpaired) electrons. The zero-order valence-corrected chi connectivity index (χ0v) is 21.8. The average molecular weight is 509 g/mol. The molecular formula is C29H37FN4O3. The highest BCUT2D eigenvalue weighted by Gasteiger charge is 2.41. The van der Waals surface area contributed by atoms with E-state index in [1.165, 1.54) is 17.7 Å². The Bertz CT molecular complexity index is 1130. The number of nitrogens with zero attached hydrogens (tertiary/aromatic N) is 3. The van der Waals surface area contributed by atoms with E-state index < -0.39 is 0 Å². The lowest BCUT2D eigenvalue weighted by Gasteiger charge is -2.45. The summed E-state index contributed by atoms with van der Waals surface area (Å²) in [6, 6.07) is 12.8. The largest absolute Gasteiger partial charge is 0.494 e. The number of Topliss-reactive ketones (excluding diaryl/α,β-unsaturated/α-hetero) is 1. The molecule has 1 N–H and O–H groups in total.